The highest BCUT2D eigenvalue weighted by Crippen LogP contribution is 2.42. The molecule has 0 bridgehead atoms. The average Bonchev–Trinajstić information content (AvgIpc) is 2.98. The van der Waals surface area contributed by atoms with Gasteiger partial charge >= 0.3 is 0 Å². The van der Waals surface area contributed by atoms with Gasteiger partial charge in [0.25, 0.3) is 0 Å². The monoisotopic (exact) mass is 289 g/mol. The summed E-state index contributed by atoms with van der Waals surface area (Å²) in [5.41, 5.74) is 1.12. The highest BCUT2D eigenvalue weighted by Gasteiger charge is 2.46. The molecular weight excluding hydrogens is 266 g/mol. The van der Waals surface area contributed by atoms with Gasteiger partial charge in [-0.3, -0.25) is 4.79 Å². The van der Waals surface area contributed by atoms with Crippen LogP contribution in [0.2, 0.25) is 0 Å². The maximum absolute atomic E-state index is 12.2. The van der Waals surface area contributed by atoms with E-state index < -0.39 is 5.79 Å². The van der Waals surface area contributed by atoms with Crippen molar-refractivity contribution in [2.75, 3.05) is 13.2 Å². The fraction of sp³-hybridized carbons (Fsp3) is 0.588. The van der Waals surface area contributed by atoms with E-state index in [-0.39, 0.29) is 11.8 Å². The zero-order valence-electron chi connectivity index (χ0n) is 12.3. The highest BCUT2D eigenvalue weighted by molar-refractivity contribution is 5.76. The molecule has 1 aliphatic carbocycles. The molecule has 1 aliphatic heterocycles. The normalized spacial score (nSPS) is 24.1. The minimum absolute atomic E-state index is 0.0872. The molecule has 0 radical (unpaired) electrons. The van der Waals surface area contributed by atoms with Gasteiger partial charge in [0, 0.05) is 25.3 Å². The Kier molecular flexibility index (Phi) is 4.56. The third-order valence-electron chi connectivity index (χ3n) is 4.49. The summed E-state index contributed by atoms with van der Waals surface area (Å²) >= 11 is 0. The standard InChI is InChI=1S/C17H23NO3/c19-16(18-13-14-6-2-1-3-7-14)12-15-8-4-5-9-17(15)20-10-11-21-17/h1-3,6-7,15H,4-5,8-13H2,(H,18,19). The number of hydrogen-bond acceptors (Lipinski definition) is 3. The molecule has 1 unspecified atom stereocenters. The van der Waals surface area contributed by atoms with Gasteiger partial charge in [0.15, 0.2) is 5.79 Å². The molecule has 0 aromatic heterocycles. The fourth-order valence-electron chi connectivity index (χ4n) is 3.39. The summed E-state index contributed by atoms with van der Waals surface area (Å²) in [5, 5.41) is 3.00. The first-order valence-corrected chi connectivity index (χ1v) is 7.87. The van der Waals surface area contributed by atoms with Crippen molar-refractivity contribution in [1.82, 2.24) is 5.32 Å². The summed E-state index contributed by atoms with van der Waals surface area (Å²) in [5.74, 6) is -0.212. The van der Waals surface area contributed by atoms with Crippen molar-refractivity contribution in [3.05, 3.63) is 35.9 Å². The van der Waals surface area contributed by atoms with E-state index in [4.69, 9.17) is 9.47 Å². The van der Waals surface area contributed by atoms with E-state index in [1.165, 1.54) is 0 Å². The van der Waals surface area contributed by atoms with Gasteiger partial charge in [-0.05, 0) is 18.4 Å². The second-order valence-electron chi connectivity index (χ2n) is 5.92. The topological polar surface area (TPSA) is 47.6 Å². The van der Waals surface area contributed by atoms with Crippen LogP contribution in [0.3, 0.4) is 0 Å². The summed E-state index contributed by atoms with van der Waals surface area (Å²) in [4.78, 5) is 12.2. The van der Waals surface area contributed by atoms with E-state index in [9.17, 15) is 4.79 Å². The average molecular weight is 289 g/mol. The van der Waals surface area contributed by atoms with Crippen molar-refractivity contribution in [3.63, 3.8) is 0 Å². The molecular formula is C17H23NO3. The smallest absolute Gasteiger partial charge is 0.220 e. The van der Waals surface area contributed by atoms with Crippen molar-refractivity contribution in [1.29, 1.82) is 0 Å². The third kappa shape index (κ3) is 3.44. The Morgan fingerprint density at radius 1 is 1.19 bits per heavy atom. The van der Waals surface area contributed by atoms with Crippen LogP contribution in [0.1, 0.15) is 37.7 Å². The molecule has 3 rings (SSSR count). The van der Waals surface area contributed by atoms with Gasteiger partial charge in [0.05, 0.1) is 13.2 Å². The van der Waals surface area contributed by atoms with Crippen molar-refractivity contribution in [3.8, 4) is 0 Å². The van der Waals surface area contributed by atoms with Crippen molar-refractivity contribution < 1.29 is 14.3 Å². The van der Waals surface area contributed by atoms with Gasteiger partial charge in [-0.25, -0.2) is 0 Å². The first-order chi connectivity index (χ1) is 10.3. The lowest BCUT2D eigenvalue weighted by molar-refractivity contribution is -0.213. The van der Waals surface area contributed by atoms with Gasteiger partial charge in [-0.15, -0.1) is 0 Å². The SMILES string of the molecule is O=C(CC1CCCCC12OCCO2)NCc1ccccc1. The van der Waals surface area contributed by atoms with Crippen LogP contribution in [0.25, 0.3) is 0 Å². The summed E-state index contributed by atoms with van der Waals surface area (Å²) < 4.78 is 11.7. The van der Waals surface area contributed by atoms with Crippen LogP contribution in [0.4, 0.5) is 0 Å². The largest absolute Gasteiger partial charge is 0.352 e. The van der Waals surface area contributed by atoms with E-state index in [1.807, 2.05) is 30.3 Å². The van der Waals surface area contributed by atoms with Crippen molar-refractivity contribution in [2.45, 2.75) is 44.4 Å². The van der Waals surface area contributed by atoms with Crippen LogP contribution < -0.4 is 5.32 Å². The second kappa shape index (κ2) is 6.58. The summed E-state index contributed by atoms with van der Waals surface area (Å²) in [7, 11) is 0. The van der Waals surface area contributed by atoms with Crippen LogP contribution in [0.5, 0.6) is 0 Å². The Balaban J connectivity index is 1.53. The molecule has 2 fully saturated rings. The third-order valence-corrected chi connectivity index (χ3v) is 4.49. The highest BCUT2D eigenvalue weighted by atomic mass is 16.7. The number of benzene rings is 1. The molecule has 1 saturated carbocycles. The molecule has 1 aromatic carbocycles. The molecule has 1 spiro atoms. The van der Waals surface area contributed by atoms with E-state index in [2.05, 4.69) is 5.32 Å². The molecule has 1 amide bonds. The zero-order chi connectivity index (χ0) is 14.5. The number of amides is 1. The van der Waals surface area contributed by atoms with Crippen molar-refractivity contribution in [2.24, 2.45) is 5.92 Å². The van der Waals surface area contributed by atoms with E-state index in [0.717, 1.165) is 31.2 Å². The van der Waals surface area contributed by atoms with Gasteiger partial charge < -0.3 is 14.8 Å². The van der Waals surface area contributed by atoms with Gasteiger partial charge in [0.2, 0.25) is 5.91 Å². The maximum atomic E-state index is 12.2. The number of nitrogens with one attached hydrogen (secondary N) is 1. The lowest BCUT2D eigenvalue weighted by Crippen LogP contribution is -2.44. The number of hydrogen-bond donors (Lipinski definition) is 1. The zero-order valence-corrected chi connectivity index (χ0v) is 12.3. The first-order valence-electron chi connectivity index (χ1n) is 7.87. The number of carbonyl (C=O) groups excluding carboxylic acids is 1. The Hall–Kier alpha value is -1.39. The Morgan fingerprint density at radius 2 is 1.95 bits per heavy atom. The predicted octanol–water partition coefficient (Wildman–Crippen LogP) is 2.63. The van der Waals surface area contributed by atoms with E-state index >= 15 is 0 Å². The van der Waals surface area contributed by atoms with Crippen LogP contribution in [-0.4, -0.2) is 24.9 Å². The molecule has 1 N–H and O–H groups in total. The molecule has 1 heterocycles. The van der Waals surface area contributed by atoms with E-state index in [0.29, 0.717) is 26.2 Å². The number of carbonyl (C=O) groups is 1. The molecule has 4 nitrogen and oxygen atoms in total. The first kappa shape index (κ1) is 14.5. The summed E-state index contributed by atoms with van der Waals surface area (Å²) in [6.07, 6.45) is 4.71. The van der Waals surface area contributed by atoms with Crippen molar-refractivity contribution >= 4 is 5.91 Å². The summed E-state index contributed by atoms with van der Waals surface area (Å²) in [6.45, 7) is 1.89. The van der Waals surface area contributed by atoms with Crippen LogP contribution in [0, 0.1) is 5.92 Å². The lowest BCUT2D eigenvalue weighted by Gasteiger charge is -2.39. The molecule has 1 aromatic rings. The minimum atomic E-state index is -0.484. The second-order valence-corrected chi connectivity index (χ2v) is 5.92. The van der Waals surface area contributed by atoms with Crippen LogP contribution in [-0.2, 0) is 20.8 Å². The number of ether oxygens (including phenoxy) is 2. The molecule has 114 valence electrons. The fourth-order valence-corrected chi connectivity index (χ4v) is 3.39. The Labute approximate surface area is 125 Å². The molecule has 4 heteroatoms. The molecule has 1 saturated heterocycles. The predicted molar refractivity (Wildman–Crippen MR) is 79.5 cm³/mol. The quantitative estimate of drug-likeness (QED) is 0.927. The summed E-state index contributed by atoms with van der Waals surface area (Å²) in [6, 6.07) is 9.98. The van der Waals surface area contributed by atoms with Gasteiger partial charge in [-0.1, -0.05) is 36.8 Å². The number of rotatable bonds is 4. The van der Waals surface area contributed by atoms with Crippen LogP contribution in [0.15, 0.2) is 30.3 Å². The van der Waals surface area contributed by atoms with E-state index in [1.54, 1.807) is 0 Å². The molecule has 2 aliphatic rings. The van der Waals surface area contributed by atoms with Gasteiger partial charge in [0.1, 0.15) is 0 Å². The Bertz CT molecular complexity index is 468. The van der Waals surface area contributed by atoms with Gasteiger partial charge in [-0.2, -0.15) is 0 Å². The molecule has 21 heavy (non-hydrogen) atoms. The Morgan fingerprint density at radius 3 is 2.71 bits per heavy atom. The maximum Gasteiger partial charge on any atom is 0.220 e. The molecule has 1 atom stereocenters. The lowest BCUT2D eigenvalue weighted by atomic mass is 9.81. The minimum Gasteiger partial charge on any atom is -0.352 e. The van der Waals surface area contributed by atoms with Crippen LogP contribution >= 0.6 is 0 Å².